The molecule has 0 bridgehead atoms. The summed E-state index contributed by atoms with van der Waals surface area (Å²) in [5, 5.41) is 0. The molecule has 1 fully saturated rings. The number of ketones is 1. The molecule has 0 aliphatic carbocycles. The van der Waals surface area contributed by atoms with Gasteiger partial charge in [0.1, 0.15) is 11.5 Å². The maximum atomic E-state index is 13.1. The lowest BCUT2D eigenvalue weighted by Gasteiger charge is -2.32. The van der Waals surface area contributed by atoms with E-state index in [-0.39, 0.29) is 5.78 Å². The zero-order valence-corrected chi connectivity index (χ0v) is 18.8. The van der Waals surface area contributed by atoms with Gasteiger partial charge >= 0.3 is 0 Å². The summed E-state index contributed by atoms with van der Waals surface area (Å²) < 4.78 is 7.53. The summed E-state index contributed by atoms with van der Waals surface area (Å²) in [6.45, 7) is 8.81. The van der Waals surface area contributed by atoms with Crippen molar-refractivity contribution in [1.29, 1.82) is 0 Å². The molecule has 4 heterocycles. The molecule has 0 unspecified atom stereocenters. The number of Topliss-reactive ketones (excluding diaryl/α,β-unsaturated/α-hetero) is 1. The normalized spacial score (nSPS) is 14.9. The molecule has 6 nitrogen and oxygen atoms in total. The van der Waals surface area contributed by atoms with E-state index in [4.69, 9.17) is 4.74 Å². The smallest absolute Gasteiger partial charge is 0.181 e. The van der Waals surface area contributed by atoms with Crippen LogP contribution in [0.4, 0.5) is 5.82 Å². The standard InChI is InChI=1S/C25H32N4O2/c1-4-19-11-15-28(16-12-19)23-17-20(10-13-26-23)8-9-21(30)24-18(3)27-25-22(31-5-2)7-6-14-29(24)25/h6-7,10,13-14,17,19H,4-5,8-9,11-12,15-16H2,1-3H3. The van der Waals surface area contributed by atoms with Crippen LogP contribution in [-0.4, -0.2) is 39.8 Å². The minimum Gasteiger partial charge on any atom is -0.490 e. The number of ether oxygens (including phenoxy) is 1. The first kappa shape index (κ1) is 21.3. The van der Waals surface area contributed by atoms with Gasteiger partial charge in [0.25, 0.3) is 0 Å². The van der Waals surface area contributed by atoms with Crippen LogP contribution >= 0.6 is 0 Å². The maximum absolute atomic E-state index is 13.1. The molecule has 4 rings (SSSR count). The topological polar surface area (TPSA) is 59.7 Å². The van der Waals surface area contributed by atoms with E-state index < -0.39 is 0 Å². The third kappa shape index (κ3) is 4.58. The van der Waals surface area contributed by atoms with Gasteiger partial charge in [-0.3, -0.25) is 9.20 Å². The zero-order valence-electron chi connectivity index (χ0n) is 18.8. The van der Waals surface area contributed by atoms with E-state index in [0.29, 0.717) is 36.5 Å². The van der Waals surface area contributed by atoms with Crippen molar-refractivity contribution >= 4 is 17.2 Å². The maximum Gasteiger partial charge on any atom is 0.181 e. The van der Waals surface area contributed by atoms with Crippen LogP contribution < -0.4 is 9.64 Å². The molecule has 3 aromatic heterocycles. The number of nitrogens with zero attached hydrogens (tertiary/aromatic N) is 4. The van der Waals surface area contributed by atoms with Crippen LogP contribution in [-0.2, 0) is 6.42 Å². The highest BCUT2D eigenvalue weighted by Gasteiger charge is 2.20. The van der Waals surface area contributed by atoms with Crippen LogP contribution in [0.2, 0.25) is 0 Å². The Morgan fingerprint density at radius 3 is 2.77 bits per heavy atom. The van der Waals surface area contributed by atoms with Crippen molar-refractivity contribution in [3.05, 3.63) is 53.6 Å². The van der Waals surface area contributed by atoms with E-state index in [2.05, 4.69) is 27.9 Å². The van der Waals surface area contributed by atoms with E-state index in [9.17, 15) is 4.79 Å². The van der Waals surface area contributed by atoms with E-state index in [1.165, 1.54) is 19.3 Å². The number of fused-ring (bicyclic) bond motifs is 1. The summed E-state index contributed by atoms with van der Waals surface area (Å²) in [6, 6.07) is 7.95. The summed E-state index contributed by atoms with van der Waals surface area (Å²) in [6.07, 6.45) is 8.62. The fourth-order valence-corrected chi connectivity index (χ4v) is 4.50. The number of anilines is 1. The molecular formula is C25H32N4O2. The molecule has 0 aromatic carbocycles. The second kappa shape index (κ2) is 9.50. The van der Waals surface area contributed by atoms with Gasteiger partial charge in [0.2, 0.25) is 0 Å². The Bertz CT molecular complexity index is 1050. The van der Waals surface area contributed by atoms with Gasteiger partial charge in [-0.2, -0.15) is 0 Å². The van der Waals surface area contributed by atoms with Crippen LogP contribution in [0.5, 0.6) is 5.75 Å². The second-order valence-electron chi connectivity index (χ2n) is 8.33. The summed E-state index contributed by atoms with van der Waals surface area (Å²) in [4.78, 5) is 24.7. The highest BCUT2D eigenvalue weighted by atomic mass is 16.5. The van der Waals surface area contributed by atoms with E-state index >= 15 is 0 Å². The molecule has 0 N–H and O–H groups in total. The molecule has 31 heavy (non-hydrogen) atoms. The molecule has 6 heteroatoms. The van der Waals surface area contributed by atoms with Gasteiger partial charge in [0.05, 0.1) is 12.3 Å². The first-order valence-corrected chi connectivity index (χ1v) is 11.4. The van der Waals surface area contributed by atoms with Crippen molar-refractivity contribution in [2.75, 3.05) is 24.6 Å². The minimum absolute atomic E-state index is 0.0979. The van der Waals surface area contributed by atoms with Crippen LogP contribution in [0.3, 0.4) is 0 Å². The predicted molar refractivity (Wildman–Crippen MR) is 123 cm³/mol. The number of hydrogen-bond donors (Lipinski definition) is 0. The van der Waals surface area contributed by atoms with E-state index in [1.54, 1.807) is 0 Å². The van der Waals surface area contributed by atoms with Gasteiger partial charge in [0, 0.05) is 31.9 Å². The molecule has 0 spiro atoms. The largest absolute Gasteiger partial charge is 0.490 e. The van der Waals surface area contributed by atoms with Crippen LogP contribution in [0.15, 0.2) is 36.7 Å². The van der Waals surface area contributed by atoms with Crippen LogP contribution in [0.25, 0.3) is 5.65 Å². The number of pyridine rings is 2. The minimum atomic E-state index is 0.0979. The molecule has 164 valence electrons. The van der Waals surface area contributed by atoms with Gasteiger partial charge < -0.3 is 9.64 Å². The monoisotopic (exact) mass is 420 g/mol. The summed E-state index contributed by atoms with van der Waals surface area (Å²) in [5.74, 6) is 2.68. The lowest BCUT2D eigenvalue weighted by atomic mass is 9.94. The highest BCUT2D eigenvalue weighted by Crippen LogP contribution is 2.25. The summed E-state index contributed by atoms with van der Waals surface area (Å²) in [5.41, 5.74) is 3.24. The van der Waals surface area contributed by atoms with Crippen molar-refractivity contribution in [1.82, 2.24) is 14.4 Å². The van der Waals surface area contributed by atoms with E-state index in [1.807, 2.05) is 48.8 Å². The number of hydrogen-bond acceptors (Lipinski definition) is 5. The average Bonchev–Trinajstić information content (AvgIpc) is 3.15. The molecular weight excluding hydrogens is 388 g/mol. The Kier molecular flexibility index (Phi) is 6.54. The van der Waals surface area contributed by atoms with Crippen molar-refractivity contribution in [2.45, 2.75) is 52.9 Å². The molecule has 1 aliphatic heterocycles. The summed E-state index contributed by atoms with van der Waals surface area (Å²) >= 11 is 0. The Labute approximate surface area is 184 Å². The molecule has 0 saturated carbocycles. The van der Waals surface area contributed by atoms with Crippen molar-refractivity contribution in [3.63, 3.8) is 0 Å². The Hall–Kier alpha value is -2.89. The molecule has 1 aliphatic rings. The Morgan fingerprint density at radius 1 is 1.23 bits per heavy atom. The van der Waals surface area contributed by atoms with Gasteiger partial charge in [-0.05, 0) is 68.9 Å². The SMILES string of the molecule is CCOc1cccn2c(C(=O)CCc3ccnc(N4CCC(CC)CC4)c3)c(C)nc12. The third-order valence-corrected chi connectivity index (χ3v) is 6.32. The molecule has 1 saturated heterocycles. The zero-order chi connectivity index (χ0) is 21.8. The first-order valence-electron chi connectivity index (χ1n) is 11.4. The molecule has 0 atom stereocenters. The van der Waals surface area contributed by atoms with Crippen molar-refractivity contribution in [3.8, 4) is 5.75 Å². The number of carbonyl (C=O) groups is 1. The fraction of sp³-hybridized carbons (Fsp3) is 0.480. The number of aromatic nitrogens is 3. The van der Waals surface area contributed by atoms with Crippen LogP contribution in [0.1, 0.15) is 61.3 Å². The quantitative estimate of drug-likeness (QED) is 0.486. The number of aryl methyl sites for hydroxylation is 2. The lowest BCUT2D eigenvalue weighted by Crippen LogP contribution is -2.34. The number of piperidine rings is 1. The van der Waals surface area contributed by atoms with E-state index in [0.717, 1.165) is 36.1 Å². The van der Waals surface area contributed by atoms with Gasteiger partial charge in [-0.15, -0.1) is 0 Å². The molecule has 3 aromatic rings. The van der Waals surface area contributed by atoms with Crippen LogP contribution in [0, 0.1) is 12.8 Å². The molecule has 0 amide bonds. The highest BCUT2D eigenvalue weighted by molar-refractivity contribution is 5.96. The summed E-state index contributed by atoms with van der Waals surface area (Å²) in [7, 11) is 0. The number of rotatable bonds is 8. The van der Waals surface area contributed by atoms with Gasteiger partial charge in [-0.25, -0.2) is 9.97 Å². The number of imidazole rings is 1. The van der Waals surface area contributed by atoms with Crippen molar-refractivity contribution < 1.29 is 9.53 Å². The van der Waals surface area contributed by atoms with Crippen molar-refractivity contribution in [2.24, 2.45) is 5.92 Å². The first-order chi connectivity index (χ1) is 15.1. The van der Waals surface area contributed by atoms with Gasteiger partial charge in [-0.1, -0.05) is 13.3 Å². The number of carbonyl (C=O) groups excluding carboxylic acids is 1. The predicted octanol–water partition coefficient (Wildman–Crippen LogP) is 4.88. The Balaban J connectivity index is 1.46. The average molecular weight is 421 g/mol. The Morgan fingerprint density at radius 2 is 2.03 bits per heavy atom. The third-order valence-electron chi connectivity index (χ3n) is 6.32. The fourth-order valence-electron chi connectivity index (χ4n) is 4.50. The lowest BCUT2D eigenvalue weighted by molar-refractivity contribution is 0.0976. The molecule has 0 radical (unpaired) electrons. The van der Waals surface area contributed by atoms with Gasteiger partial charge in [0.15, 0.2) is 17.2 Å². The second-order valence-corrected chi connectivity index (χ2v) is 8.33.